The molecule has 5 heteroatoms. The summed E-state index contributed by atoms with van der Waals surface area (Å²) in [5.41, 5.74) is 1.71. The van der Waals surface area contributed by atoms with Crippen LogP contribution in [0.1, 0.15) is 41.6 Å². The standard InChI is InChI=1S/C22H25ClN2O2/c23-19-16-17(8-9-20(19)24-12-4-5-13-24)21(26)25-14-10-22(27,11-15-25)18-6-2-1-3-7-18/h1-3,6-9,16,27H,4-5,10-15H2. The molecule has 4 rings (SSSR count). The minimum atomic E-state index is -0.852. The summed E-state index contributed by atoms with van der Waals surface area (Å²) in [6.45, 7) is 3.12. The van der Waals surface area contributed by atoms with Gasteiger partial charge in [-0.15, -0.1) is 0 Å². The molecule has 1 N–H and O–H groups in total. The summed E-state index contributed by atoms with van der Waals surface area (Å²) in [4.78, 5) is 17.0. The van der Waals surface area contributed by atoms with Gasteiger partial charge in [0, 0.05) is 31.7 Å². The highest BCUT2D eigenvalue weighted by Gasteiger charge is 2.35. The summed E-state index contributed by atoms with van der Waals surface area (Å²) in [7, 11) is 0. The van der Waals surface area contributed by atoms with Crippen molar-refractivity contribution in [3.63, 3.8) is 0 Å². The number of hydrogen-bond donors (Lipinski definition) is 1. The molecule has 0 aromatic heterocycles. The van der Waals surface area contributed by atoms with E-state index in [0.29, 0.717) is 36.5 Å². The fourth-order valence-corrected chi connectivity index (χ4v) is 4.45. The lowest BCUT2D eigenvalue weighted by Gasteiger charge is -2.38. The van der Waals surface area contributed by atoms with E-state index < -0.39 is 5.60 Å². The summed E-state index contributed by atoms with van der Waals surface area (Å²) >= 11 is 6.47. The van der Waals surface area contributed by atoms with Gasteiger partial charge in [-0.3, -0.25) is 4.79 Å². The highest BCUT2D eigenvalue weighted by atomic mass is 35.5. The molecule has 0 atom stereocenters. The first-order chi connectivity index (χ1) is 13.1. The average Bonchev–Trinajstić information content (AvgIpc) is 3.23. The van der Waals surface area contributed by atoms with Gasteiger partial charge in [0.1, 0.15) is 0 Å². The Morgan fingerprint density at radius 1 is 0.963 bits per heavy atom. The predicted octanol–water partition coefficient (Wildman–Crippen LogP) is 4.06. The van der Waals surface area contributed by atoms with Crippen LogP contribution < -0.4 is 4.90 Å². The van der Waals surface area contributed by atoms with Crippen molar-refractivity contribution in [3.05, 3.63) is 64.7 Å². The molecule has 1 amide bonds. The second-order valence-electron chi connectivity index (χ2n) is 7.55. The van der Waals surface area contributed by atoms with Gasteiger partial charge >= 0.3 is 0 Å². The molecule has 2 saturated heterocycles. The molecule has 27 heavy (non-hydrogen) atoms. The first-order valence-corrected chi connectivity index (χ1v) is 10.1. The molecule has 2 aliphatic heterocycles. The molecule has 2 aromatic rings. The molecule has 0 unspecified atom stereocenters. The number of nitrogens with zero attached hydrogens (tertiary/aromatic N) is 2. The van der Waals surface area contributed by atoms with E-state index in [4.69, 9.17) is 11.6 Å². The highest BCUT2D eigenvalue weighted by molar-refractivity contribution is 6.33. The van der Waals surface area contributed by atoms with Crippen molar-refractivity contribution in [2.75, 3.05) is 31.1 Å². The third-order valence-corrected chi connectivity index (χ3v) is 6.13. The number of rotatable bonds is 3. The molecule has 0 saturated carbocycles. The zero-order chi connectivity index (χ0) is 18.9. The minimum Gasteiger partial charge on any atom is -0.385 e. The number of likely N-dealkylation sites (tertiary alicyclic amines) is 1. The smallest absolute Gasteiger partial charge is 0.253 e. The quantitative estimate of drug-likeness (QED) is 0.867. The number of hydrogen-bond acceptors (Lipinski definition) is 3. The monoisotopic (exact) mass is 384 g/mol. The van der Waals surface area contributed by atoms with E-state index in [-0.39, 0.29) is 5.91 Å². The third kappa shape index (κ3) is 3.69. The Balaban J connectivity index is 1.44. The Bertz CT molecular complexity index is 810. The van der Waals surface area contributed by atoms with Crippen molar-refractivity contribution in [2.45, 2.75) is 31.3 Å². The maximum atomic E-state index is 12.9. The fraction of sp³-hybridized carbons (Fsp3) is 0.409. The SMILES string of the molecule is O=C(c1ccc(N2CCCC2)c(Cl)c1)N1CCC(O)(c2ccccc2)CC1. The number of benzene rings is 2. The van der Waals surface area contributed by atoms with Gasteiger partial charge in [-0.1, -0.05) is 41.9 Å². The Labute approximate surface area is 165 Å². The molecule has 0 bridgehead atoms. The second-order valence-corrected chi connectivity index (χ2v) is 7.96. The van der Waals surface area contributed by atoms with Gasteiger partial charge in [-0.25, -0.2) is 0 Å². The molecule has 4 nitrogen and oxygen atoms in total. The second kappa shape index (κ2) is 7.53. The van der Waals surface area contributed by atoms with Crippen LogP contribution in [-0.2, 0) is 5.60 Å². The molecule has 2 heterocycles. The van der Waals surface area contributed by atoms with E-state index in [9.17, 15) is 9.90 Å². The van der Waals surface area contributed by atoms with Crippen molar-refractivity contribution < 1.29 is 9.90 Å². The Kier molecular flexibility index (Phi) is 5.11. The number of aliphatic hydroxyl groups is 1. The Hall–Kier alpha value is -2.04. The molecule has 0 aliphatic carbocycles. The lowest BCUT2D eigenvalue weighted by Crippen LogP contribution is -2.45. The van der Waals surface area contributed by atoms with Crippen LogP contribution in [-0.4, -0.2) is 42.1 Å². The largest absolute Gasteiger partial charge is 0.385 e. The molecular weight excluding hydrogens is 360 g/mol. The van der Waals surface area contributed by atoms with Gasteiger partial charge < -0.3 is 14.9 Å². The first-order valence-electron chi connectivity index (χ1n) is 9.68. The maximum Gasteiger partial charge on any atom is 0.253 e. The number of carbonyl (C=O) groups excluding carboxylic acids is 1. The fourth-order valence-electron chi connectivity index (χ4n) is 4.15. The normalized spacial score (nSPS) is 19.3. The van der Waals surface area contributed by atoms with Crippen LogP contribution in [0.25, 0.3) is 0 Å². The Morgan fingerprint density at radius 2 is 1.63 bits per heavy atom. The van der Waals surface area contributed by atoms with Crippen LogP contribution in [0.15, 0.2) is 48.5 Å². The zero-order valence-corrected chi connectivity index (χ0v) is 16.2. The molecular formula is C22H25ClN2O2. The topological polar surface area (TPSA) is 43.8 Å². The summed E-state index contributed by atoms with van der Waals surface area (Å²) in [5.74, 6) is -0.0139. The van der Waals surface area contributed by atoms with Crippen LogP contribution in [0.5, 0.6) is 0 Å². The van der Waals surface area contributed by atoms with Crippen LogP contribution in [0.3, 0.4) is 0 Å². The molecule has 0 radical (unpaired) electrons. The van der Waals surface area contributed by atoms with Crippen LogP contribution in [0.2, 0.25) is 5.02 Å². The molecule has 2 aliphatic rings. The van der Waals surface area contributed by atoms with E-state index in [1.54, 1.807) is 6.07 Å². The van der Waals surface area contributed by atoms with Crippen LogP contribution >= 0.6 is 11.6 Å². The van der Waals surface area contributed by atoms with Crippen LogP contribution in [0, 0.1) is 0 Å². The van der Waals surface area contributed by atoms with Crippen molar-refractivity contribution in [1.82, 2.24) is 4.90 Å². The van der Waals surface area contributed by atoms with Crippen molar-refractivity contribution >= 4 is 23.2 Å². The number of carbonyl (C=O) groups is 1. The summed E-state index contributed by atoms with van der Waals surface area (Å²) in [6.07, 6.45) is 3.47. The van der Waals surface area contributed by atoms with Gasteiger partial charge in [-0.05, 0) is 49.4 Å². The van der Waals surface area contributed by atoms with Gasteiger partial charge in [0.2, 0.25) is 0 Å². The number of piperidine rings is 1. The predicted molar refractivity (Wildman–Crippen MR) is 108 cm³/mol. The third-order valence-electron chi connectivity index (χ3n) is 5.83. The van der Waals surface area contributed by atoms with Gasteiger partial charge in [0.25, 0.3) is 5.91 Å². The van der Waals surface area contributed by atoms with E-state index >= 15 is 0 Å². The molecule has 2 fully saturated rings. The molecule has 142 valence electrons. The number of halogens is 1. The Morgan fingerprint density at radius 3 is 2.26 bits per heavy atom. The summed E-state index contributed by atoms with van der Waals surface area (Å²) in [6, 6.07) is 15.4. The maximum absolute atomic E-state index is 12.9. The number of amides is 1. The number of anilines is 1. The lowest BCUT2D eigenvalue weighted by molar-refractivity contribution is -0.0211. The summed E-state index contributed by atoms with van der Waals surface area (Å²) in [5, 5.41) is 11.6. The van der Waals surface area contributed by atoms with Crippen LogP contribution in [0.4, 0.5) is 5.69 Å². The van der Waals surface area contributed by atoms with Gasteiger partial charge in [-0.2, -0.15) is 0 Å². The molecule has 0 spiro atoms. The zero-order valence-electron chi connectivity index (χ0n) is 15.4. The first kappa shape index (κ1) is 18.3. The lowest BCUT2D eigenvalue weighted by atomic mass is 9.84. The molecule has 2 aromatic carbocycles. The van der Waals surface area contributed by atoms with Gasteiger partial charge in [0.15, 0.2) is 0 Å². The van der Waals surface area contributed by atoms with E-state index in [1.165, 1.54) is 12.8 Å². The van der Waals surface area contributed by atoms with E-state index in [1.807, 2.05) is 47.4 Å². The van der Waals surface area contributed by atoms with E-state index in [0.717, 1.165) is 24.3 Å². The van der Waals surface area contributed by atoms with Crippen molar-refractivity contribution in [3.8, 4) is 0 Å². The van der Waals surface area contributed by atoms with E-state index in [2.05, 4.69) is 4.90 Å². The van der Waals surface area contributed by atoms with Gasteiger partial charge in [0.05, 0.1) is 16.3 Å². The van der Waals surface area contributed by atoms with Crippen molar-refractivity contribution in [1.29, 1.82) is 0 Å². The summed E-state index contributed by atoms with van der Waals surface area (Å²) < 4.78 is 0. The average molecular weight is 385 g/mol. The minimum absolute atomic E-state index is 0.0139. The van der Waals surface area contributed by atoms with Crippen molar-refractivity contribution in [2.24, 2.45) is 0 Å². The highest BCUT2D eigenvalue weighted by Crippen LogP contribution is 2.34.